The molecule has 5 heteroatoms. The molecule has 0 radical (unpaired) electrons. The van der Waals surface area contributed by atoms with Gasteiger partial charge in [-0.3, -0.25) is 9.78 Å². The largest absolute Gasteiger partial charge is 0.452 e. The van der Waals surface area contributed by atoms with Gasteiger partial charge >= 0.3 is 5.97 Å². The number of nitrogens with one attached hydrogen (secondary N) is 1. The molecule has 2 aromatic carbocycles. The number of aryl methyl sites for hydroxylation is 2. The average Bonchev–Trinajstić information content (AvgIpc) is 3.14. The number of amides is 1. The summed E-state index contributed by atoms with van der Waals surface area (Å²) in [6, 6.07) is 15.0. The van der Waals surface area contributed by atoms with E-state index in [-0.39, 0.29) is 12.5 Å². The molecule has 0 atom stereocenters. The average molecular weight is 360 g/mol. The fraction of sp³-hybridized carbons (Fsp3) is 0.227. The van der Waals surface area contributed by atoms with Gasteiger partial charge in [0.25, 0.3) is 5.91 Å². The molecular weight excluding hydrogens is 340 g/mol. The van der Waals surface area contributed by atoms with Gasteiger partial charge in [0.05, 0.1) is 11.1 Å². The molecule has 0 aliphatic heterocycles. The minimum absolute atomic E-state index is 0.321. The van der Waals surface area contributed by atoms with Crippen molar-refractivity contribution in [2.24, 2.45) is 0 Å². The van der Waals surface area contributed by atoms with E-state index in [0.29, 0.717) is 11.3 Å². The van der Waals surface area contributed by atoms with Crippen LogP contribution >= 0.6 is 0 Å². The number of rotatable bonds is 4. The number of esters is 1. The summed E-state index contributed by atoms with van der Waals surface area (Å²) in [5, 5.41) is 3.52. The van der Waals surface area contributed by atoms with E-state index < -0.39 is 5.97 Å². The number of hydrogen-bond donors (Lipinski definition) is 1. The lowest BCUT2D eigenvalue weighted by Crippen LogP contribution is -2.21. The zero-order valence-corrected chi connectivity index (χ0v) is 15.1. The Morgan fingerprint density at radius 1 is 1.07 bits per heavy atom. The van der Waals surface area contributed by atoms with Gasteiger partial charge in [-0.1, -0.05) is 35.9 Å². The van der Waals surface area contributed by atoms with Gasteiger partial charge in [0, 0.05) is 16.8 Å². The van der Waals surface area contributed by atoms with Crippen molar-refractivity contribution in [3.63, 3.8) is 0 Å². The fourth-order valence-electron chi connectivity index (χ4n) is 3.48. The van der Waals surface area contributed by atoms with Gasteiger partial charge in [-0.15, -0.1) is 0 Å². The van der Waals surface area contributed by atoms with E-state index in [1.165, 1.54) is 0 Å². The first-order valence-electron chi connectivity index (χ1n) is 9.06. The first-order chi connectivity index (χ1) is 13.1. The number of carbonyl (C=O) groups excluding carboxylic acids is 2. The molecule has 1 aromatic heterocycles. The molecule has 3 aromatic rings. The summed E-state index contributed by atoms with van der Waals surface area (Å²) in [6.45, 7) is 1.66. The molecule has 1 heterocycles. The van der Waals surface area contributed by atoms with Gasteiger partial charge in [-0.25, -0.2) is 4.79 Å². The molecular formula is C22H20N2O3. The van der Waals surface area contributed by atoms with Gasteiger partial charge in [-0.2, -0.15) is 0 Å². The van der Waals surface area contributed by atoms with Crippen molar-refractivity contribution < 1.29 is 14.3 Å². The number of nitrogens with zero attached hydrogens (tertiary/aromatic N) is 1. The quantitative estimate of drug-likeness (QED) is 0.718. The first kappa shape index (κ1) is 17.2. The molecule has 1 N–H and O–H groups in total. The number of benzene rings is 2. The Kier molecular flexibility index (Phi) is 4.59. The molecule has 1 aliphatic rings. The molecule has 1 aliphatic carbocycles. The van der Waals surface area contributed by atoms with Crippen molar-refractivity contribution in [2.75, 3.05) is 11.9 Å². The molecule has 0 fully saturated rings. The Hall–Kier alpha value is -3.21. The van der Waals surface area contributed by atoms with E-state index in [1.807, 2.05) is 55.5 Å². The van der Waals surface area contributed by atoms with E-state index in [0.717, 1.165) is 47.0 Å². The maximum absolute atomic E-state index is 12.8. The van der Waals surface area contributed by atoms with Crippen molar-refractivity contribution in [1.29, 1.82) is 0 Å². The molecule has 0 spiro atoms. The van der Waals surface area contributed by atoms with Crippen molar-refractivity contribution in [1.82, 2.24) is 4.98 Å². The van der Waals surface area contributed by atoms with Crippen LogP contribution in [0.5, 0.6) is 0 Å². The third kappa shape index (κ3) is 3.53. The van der Waals surface area contributed by atoms with Crippen LogP contribution in [0.4, 0.5) is 5.69 Å². The highest BCUT2D eigenvalue weighted by molar-refractivity contribution is 6.06. The van der Waals surface area contributed by atoms with Crippen LogP contribution in [0.2, 0.25) is 0 Å². The Morgan fingerprint density at radius 3 is 2.67 bits per heavy atom. The number of carbonyl (C=O) groups is 2. The van der Waals surface area contributed by atoms with Gasteiger partial charge in [-0.05, 0) is 49.9 Å². The predicted molar refractivity (Wildman–Crippen MR) is 104 cm³/mol. The molecule has 1 amide bonds. The fourth-order valence-corrected chi connectivity index (χ4v) is 3.48. The van der Waals surface area contributed by atoms with Crippen LogP contribution in [0.15, 0.2) is 48.5 Å². The van der Waals surface area contributed by atoms with Crippen LogP contribution in [-0.4, -0.2) is 23.5 Å². The van der Waals surface area contributed by atoms with Gasteiger partial charge < -0.3 is 10.1 Å². The molecule has 4 rings (SSSR count). The van der Waals surface area contributed by atoms with Gasteiger partial charge in [0.1, 0.15) is 0 Å². The standard InChI is InChI=1S/C22H20N2O3/c1-14-9-11-15(12-10-14)23-20(25)13-27-22(26)21-16-5-2-3-7-18(16)24-19-8-4-6-17(19)21/h2-3,5,7,9-12H,4,6,8,13H2,1H3,(H,23,25). The second kappa shape index (κ2) is 7.19. The minimum atomic E-state index is -0.467. The molecule has 27 heavy (non-hydrogen) atoms. The number of ether oxygens (including phenoxy) is 1. The summed E-state index contributed by atoms with van der Waals surface area (Å²) in [7, 11) is 0. The van der Waals surface area contributed by atoms with Crippen molar-refractivity contribution in [3.8, 4) is 0 Å². The number of pyridine rings is 1. The van der Waals surface area contributed by atoms with Crippen LogP contribution in [-0.2, 0) is 22.4 Å². The zero-order chi connectivity index (χ0) is 18.8. The van der Waals surface area contributed by atoms with Gasteiger partial charge in [0.15, 0.2) is 6.61 Å². The Bertz CT molecular complexity index is 1030. The van der Waals surface area contributed by atoms with Crippen LogP contribution in [0.25, 0.3) is 10.9 Å². The summed E-state index contributed by atoms with van der Waals surface area (Å²) in [6.07, 6.45) is 2.66. The SMILES string of the molecule is Cc1ccc(NC(=O)COC(=O)c2c3c(nc4ccccc24)CCC3)cc1. The predicted octanol–water partition coefficient (Wildman–Crippen LogP) is 3.83. The highest BCUT2D eigenvalue weighted by Crippen LogP contribution is 2.30. The van der Waals surface area contributed by atoms with Crippen LogP contribution in [0.3, 0.4) is 0 Å². The van der Waals surface area contributed by atoms with E-state index in [9.17, 15) is 9.59 Å². The number of para-hydroxylation sites is 1. The molecule has 0 unspecified atom stereocenters. The number of hydrogen-bond acceptors (Lipinski definition) is 4. The highest BCUT2D eigenvalue weighted by atomic mass is 16.5. The van der Waals surface area contributed by atoms with E-state index in [1.54, 1.807) is 0 Å². The smallest absolute Gasteiger partial charge is 0.339 e. The Labute approximate surface area is 157 Å². The maximum atomic E-state index is 12.8. The third-order valence-corrected chi connectivity index (χ3v) is 4.79. The number of anilines is 1. The topological polar surface area (TPSA) is 68.3 Å². The summed E-state index contributed by atoms with van der Waals surface area (Å²) < 4.78 is 5.34. The summed E-state index contributed by atoms with van der Waals surface area (Å²) in [4.78, 5) is 29.6. The summed E-state index contributed by atoms with van der Waals surface area (Å²) in [5.74, 6) is -0.826. The summed E-state index contributed by atoms with van der Waals surface area (Å²) >= 11 is 0. The number of fused-ring (bicyclic) bond motifs is 2. The third-order valence-electron chi connectivity index (χ3n) is 4.79. The lowest BCUT2D eigenvalue weighted by atomic mass is 10.0. The van der Waals surface area contributed by atoms with E-state index in [4.69, 9.17) is 4.74 Å². The molecule has 136 valence electrons. The normalized spacial score (nSPS) is 12.6. The van der Waals surface area contributed by atoms with Crippen molar-refractivity contribution in [2.45, 2.75) is 26.2 Å². The lowest BCUT2D eigenvalue weighted by molar-refractivity contribution is -0.119. The molecule has 0 saturated carbocycles. The van der Waals surface area contributed by atoms with Crippen LogP contribution < -0.4 is 5.32 Å². The maximum Gasteiger partial charge on any atom is 0.339 e. The molecule has 0 saturated heterocycles. The zero-order valence-electron chi connectivity index (χ0n) is 15.1. The first-order valence-corrected chi connectivity index (χ1v) is 9.06. The van der Waals surface area contributed by atoms with E-state index >= 15 is 0 Å². The van der Waals surface area contributed by atoms with Crippen molar-refractivity contribution >= 4 is 28.5 Å². The van der Waals surface area contributed by atoms with E-state index in [2.05, 4.69) is 10.3 Å². The van der Waals surface area contributed by atoms with Crippen LogP contribution in [0.1, 0.15) is 33.6 Å². The van der Waals surface area contributed by atoms with Crippen molar-refractivity contribution in [3.05, 3.63) is 70.9 Å². The Morgan fingerprint density at radius 2 is 1.85 bits per heavy atom. The van der Waals surface area contributed by atoms with Crippen LogP contribution in [0, 0.1) is 6.92 Å². The monoisotopic (exact) mass is 360 g/mol. The molecule has 0 bridgehead atoms. The lowest BCUT2D eigenvalue weighted by Gasteiger charge is -2.12. The highest BCUT2D eigenvalue weighted by Gasteiger charge is 2.25. The molecule has 5 nitrogen and oxygen atoms in total. The van der Waals surface area contributed by atoms with Gasteiger partial charge in [0.2, 0.25) is 0 Å². The second-order valence-electron chi connectivity index (χ2n) is 6.77. The Balaban J connectivity index is 1.52. The summed E-state index contributed by atoms with van der Waals surface area (Å²) in [5.41, 5.74) is 5.04. The second-order valence-corrected chi connectivity index (χ2v) is 6.77. The minimum Gasteiger partial charge on any atom is -0.452 e. The number of aromatic nitrogens is 1.